The Morgan fingerprint density at radius 1 is 0.429 bits per heavy atom. The second kappa shape index (κ2) is 20.8. The van der Waals surface area contributed by atoms with Gasteiger partial charge >= 0.3 is 0 Å². The third-order valence-electron chi connectivity index (χ3n) is 9.64. The second-order valence-electron chi connectivity index (χ2n) is 13.8. The second-order valence-corrected chi connectivity index (χ2v) is 13.8. The van der Waals surface area contributed by atoms with Crippen molar-refractivity contribution in [1.82, 2.24) is 0 Å². The summed E-state index contributed by atoms with van der Waals surface area (Å²) in [7, 11) is 0. The summed E-state index contributed by atoms with van der Waals surface area (Å²) in [5, 5.41) is 0. The average Bonchev–Trinajstić information content (AvgIpc) is 3.25. The molecular weight excluding hydrogens is 709 g/mol. The molecule has 0 spiro atoms. The van der Waals surface area contributed by atoms with E-state index >= 15 is 0 Å². The van der Waals surface area contributed by atoms with Gasteiger partial charge in [0.25, 0.3) is 0 Å². The molecular formula is C47H48O9. The predicted molar refractivity (Wildman–Crippen MR) is 210 cm³/mol. The van der Waals surface area contributed by atoms with Crippen LogP contribution in [0.25, 0.3) is 0 Å². The first-order valence-corrected chi connectivity index (χ1v) is 19.1. The Hall–Kier alpha value is -4.97. The zero-order valence-electron chi connectivity index (χ0n) is 31.3. The van der Waals surface area contributed by atoms with E-state index in [1.807, 2.05) is 152 Å². The van der Waals surface area contributed by atoms with Gasteiger partial charge in [0.05, 0.1) is 52.5 Å². The van der Waals surface area contributed by atoms with Crippen LogP contribution < -0.4 is 0 Å². The summed E-state index contributed by atoms with van der Waals surface area (Å²) >= 11 is 0. The highest BCUT2D eigenvalue weighted by Gasteiger charge is 2.49. The third-order valence-corrected chi connectivity index (χ3v) is 9.64. The van der Waals surface area contributed by atoms with E-state index in [4.69, 9.17) is 37.9 Å². The van der Waals surface area contributed by atoms with Gasteiger partial charge in [0, 0.05) is 6.08 Å². The van der Waals surface area contributed by atoms with Gasteiger partial charge in [-0.05, 0) is 27.8 Å². The Bertz CT molecular complexity index is 1890. The van der Waals surface area contributed by atoms with Gasteiger partial charge in [0.15, 0.2) is 24.3 Å². The van der Waals surface area contributed by atoms with E-state index in [2.05, 4.69) is 0 Å². The lowest BCUT2D eigenvalue weighted by Gasteiger charge is -2.46. The van der Waals surface area contributed by atoms with Crippen molar-refractivity contribution < 1.29 is 42.7 Å². The first kappa shape index (κ1) is 39.3. The summed E-state index contributed by atoms with van der Waals surface area (Å²) in [5.41, 5.74) is 4.96. The van der Waals surface area contributed by atoms with Gasteiger partial charge in [-0.1, -0.05) is 152 Å². The minimum absolute atomic E-state index is 0.0239. The molecule has 0 N–H and O–H groups in total. The molecule has 2 heterocycles. The maximum absolute atomic E-state index is 13.1. The number of benzene rings is 5. The van der Waals surface area contributed by atoms with Crippen molar-refractivity contribution in [1.29, 1.82) is 0 Å². The molecule has 0 unspecified atom stereocenters. The van der Waals surface area contributed by atoms with E-state index in [-0.39, 0.29) is 32.2 Å². The fourth-order valence-electron chi connectivity index (χ4n) is 6.70. The molecule has 0 aliphatic carbocycles. The molecule has 5 aromatic carbocycles. The number of carbonyl (C=O) groups is 1. The molecule has 0 aromatic heterocycles. The van der Waals surface area contributed by atoms with E-state index < -0.39 is 42.9 Å². The van der Waals surface area contributed by atoms with Crippen molar-refractivity contribution in [3.63, 3.8) is 0 Å². The largest absolute Gasteiger partial charge is 0.492 e. The molecule has 9 nitrogen and oxygen atoms in total. The van der Waals surface area contributed by atoms with Gasteiger partial charge in [0.1, 0.15) is 24.4 Å². The molecule has 2 aliphatic heterocycles. The standard InChI is InChI=1S/C47H48O9/c48-40-26-27-50-41(43(40)51-29-36-18-8-2-9-19-36)34-55-47-46(54-32-39-24-14-5-15-25-39)45(53-31-38-22-12-4-13-23-38)44(52-30-37-20-10-3-11-21-37)42(56-47)33-49-28-35-16-6-1-7-17-35/h1-27,41-47H,28-34H2/t41-,42-,43+,44+,45+,46-,47+/m1/s1. The van der Waals surface area contributed by atoms with Crippen LogP contribution in [-0.2, 0) is 75.7 Å². The summed E-state index contributed by atoms with van der Waals surface area (Å²) in [5.74, 6) is -0.201. The average molecular weight is 757 g/mol. The van der Waals surface area contributed by atoms with Crippen molar-refractivity contribution in [2.45, 2.75) is 75.9 Å². The minimum Gasteiger partial charge on any atom is -0.492 e. The molecule has 290 valence electrons. The SMILES string of the molecule is O=C1C=CO[C@H](CO[C@H]2O[C@H](COCc3ccccc3)[C@H](OCc3ccccc3)[C@H](OCc3ccccc3)[C@H]2OCc2ccccc2)[C@H]1OCc1ccccc1. The predicted octanol–water partition coefficient (Wildman–Crippen LogP) is 7.77. The van der Waals surface area contributed by atoms with Crippen LogP contribution in [0.1, 0.15) is 27.8 Å². The third kappa shape index (κ3) is 11.3. The molecule has 56 heavy (non-hydrogen) atoms. The Balaban J connectivity index is 1.16. The normalized spacial score (nSPS) is 23.4. The highest BCUT2D eigenvalue weighted by molar-refractivity contribution is 5.94. The zero-order chi connectivity index (χ0) is 38.2. The van der Waals surface area contributed by atoms with Crippen molar-refractivity contribution in [2.24, 2.45) is 0 Å². The van der Waals surface area contributed by atoms with Crippen LogP contribution in [0.5, 0.6) is 0 Å². The number of hydrogen-bond donors (Lipinski definition) is 0. The first-order chi connectivity index (χ1) is 27.7. The Labute approximate surface area is 328 Å². The maximum Gasteiger partial charge on any atom is 0.191 e. The molecule has 0 bridgehead atoms. The summed E-state index contributed by atoms with van der Waals surface area (Å²) < 4.78 is 52.1. The van der Waals surface area contributed by atoms with Gasteiger partial charge in [-0.25, -0.2) is 0 Å². The van der Waals surface area contributed by atoms with Crippen molar-refractivity contribution in [2.75, 3.05) is 13.2 Å². The van der Waals surface area contributed by atoms with Crippen LogP contribution in [0.15, 0.2) is 164 Å². The lowest BCUT2D eigenvalue weighted by Crippen LogP contribution is -2.62. The van der Waals surface area contributed by atoms with Gasteiger partial charge < -0.3 is 37.9 Å². The smallest absolute Gasteiger partial charge is 0.191 e. The van der Waals surface area contributed by atoms with Crippen LogP contribution in [0.3, 0.4) is 0 Å². The summed E-state index contributed by atoms with van der Waals surface area (Å²) in [6.45, 7) is 1.67. The maximum atomic E-state index is 13.1. The lowest BCUT2D eigenvalue weighted by molar-refractivity contribution is -0.332. The molecule has 0 saturated carbocycles. The lowest BCUT2D eigenvalue weighted by atomic mass is 9.97. The van der Waals surface area contributed by atoms with Crippen molar-refractivity contribution in [3.05, 3.63) is 192 Å². The molecule has 7 atom stereocenters. The van der Waals surface area contributed by atoms with Crippen LogP contribution >= 0.6 is 0 Å². The van der Waals surface area contributed by atoms with Crippen molar-refractivity contribution >= 4 is 5.78 Å². The van der Waals surface area contributed by atoms with E-state index in [0.717, 1.165) is 27.8 Å². The number of hydrogen-bond acceptors (Lipinski definition) is 9. The number of ketones is 1. The summed E-state index contributed by atoms with van der Waals surface area (Å²) in [6.07, 6.45) is -2.46. The molecule has 0 radical (unpaired) electrons. The van der Waals surface area contributed by atoms with Crippen LogP contribution in [0, 0.1) is 0 Å². The topological polar surface area (TPSA) is 90.9 Å². The minimum atomic E-state index is -0.958. The summed E-state index contributed by atoms with van der Waals surface area (Å²) in [6, 6.07) is 49.6. The van der Waals surface area contributed by atoms with Gasteiger partial charge in [-0.15, -0.1) is 0 Å². The number of rotatable bonds is 19. The van der Waals surface area contributed by atoms with E-state index in [1.54, 1.807) is 0 Å². The summed E-state index contributed by atoms with van der Waals surface area (Å²) in [4.78, 5) is 13.1. The molecule has 1 fully saturated rings. The zero-order valence-corrected chi connectivity index (χ0v) is 31.3. The molecule has 7 rings (SSSR count). The van der Waals surface area contributed by atoms with E-state index in [1.165, 1.54) is 12.3 Å². The number of ether oxygens (including phenoxy) is 8. The highest BCUT2D eigenvalue weighted by Crippen LogP contribution is 2.32. The molecule has 5 aromatic rings. The van der Waals surface area contributed by atoms with Crippen LogP contribution in [0.2, 0.25) is 0 Å². The van der Waals surface area contributed by atoms with Crippen molar-refractivity contribution in [3.8, 4) is 0 Å². The monoisotopic (exact) mass is 756 g/mol. The van der Waals surface area contributed by atoms with Gasteiger partial charge in [0.2, 0.25) is 0 Å². The quantitative estimate of drug-likeness (QED) is 0.0839. The fraction of sp³-hybridized carbons (Fsp3) is 0.298. The molecule has 1 saturated heterocycles. The molecule has 9 heteroatoms. The van der Waals surface area contributed by atoms with E-state index in [9.17, 15) is 4.79 Å². The van der Waals surface area contributed by atoms with Gasteiger partial charge in [-0.3, -0.25) is 4.79 Å². The van der Waals surface area contributed by atoms with Crippen LogP contribution in [-0.4, -0.2) is 61.9 Å². The molecule has 2 aliphatic rings. The first-order valence-electron chi connectivity index (χ1n) is 19.1. The Kier molecular flexibility index (Phi) is 14.6. The van der Waals surface area contributed by atoms with E-state index in [0.29, 0.717) is 19.8 Å². The van der Waals surface area contributed by atoms with Crippen LogP contribution in [0.4, 0.5) is 0 Å². The fourth-order valence-corrected chi connectivity index (χ4v) is 6.70. The highest BCUT2D eigenvalue weighted by atomic mass is 16.7. The Morgan fingerprint density at radius 2 is 0.857 bits per heavy atom. The number of carbonyl (C=O) groups excluding carboxylic acids is 1. The Morgan fingerprint density at radius 3 is 1.36 bits per heavy atom. The molecule has 0 amide bonds. The van der Waals surface area contributed by atoms with Gasteiger partial charge in [-0.2, -0.15) is 0 Å².